The van der Waals surface area contributed by atoms with Gasteiger partial charge in [0, 0.05) is 19.4 Å². The highest BCUT2D eigenvalue weighted by Gasteiger charge is 1.91. The molecule has 0 fully saturated rings. The molecule has 1 nitrogen and oxygen atoms in total. The van der Waals surface area contributed by atoms with Gasteiger partial charge in [0.1, 0.15) is 0 Å². The number of hydrogen-bond acceptors (Lipinski definition) is 0. The maximum Gasteiger partial charge on any atom is 0.0111 e. The van der Waals surface area contributed by atoms with Gasteiger partial charge in [-0.3, -0.25) is 0 Å². The van der Waals surface area contributed by atoms with Crippen molar-refractivity contribution in [2.75, 3.05) is 0 Å². The van der Waals surface area contributed by atoms with E-state index in [2.05, 4.69) is 29.1 Å². The lowest BCUT2D eigenvalue weighted by Crippen LogP contribution is -1.75. The summed E-state index contributed by atoms with van der Waals surface area (Å²) in [6, 6.07) is 9.03. The van der Waals surface area contributed by atoms with Crippen molar-refractivity contribution in [3.8, 4) is 0 Å². The van der Waals surface area contributed by atoms with Gasteiger partial charge in [0.15, 0.2) is 0 Å². The minimum absolute atomic E-state index is 1.25. The molecule has 0 saturated heterocycles. The normalized spacial score (nSPS) is 10.5. The Kier molecular flexibility index (Phi) is 1.04. The Morgan fingerprint density at radius 2 is 2.10 bits per heavy atom. The molecule has 0 aliphatic carbocycles. The summed E-state index contributed by atoms with van der Waals surface area (Å²) in [7, 11) is 2.03. The molecule has 0 saturated carbocycles. The van der Waals surface area contributed by atoms with Crippen LogP contribution in [0.25, 0.3) is 10.8 Å². The molecule has 0 unspecified atom stereocenters. The third-order valence-corrected chi connectivity index (χ3v) is 1.62. The van der Waals surface area contributed by atoms with E-state index >= 15 is 0 Å². The van der Waals surface area contributed by atoms with E-state index in [0.717, 1.165) is 0 Å². The number of fused-ring (bicyclic) bond motifs is 1. The van der Waals surface area contributed by atoms with Gasteiger partial charge in [-0.05, 0) is 22.9 Å². The number of aryl methyl sites for hydroxylation is 1. The van der Waals surface area contributed by atoms with Crippen LogP contribution in [0.5, 0.6) is 0 Å². The summed E-state index contributed by atoms with van der Waals surface area (Å²) in [5, 5.41) is 2.53. The van der Waals surface area contributed by atoms with Crippen LogP contribution in [-0.2, 0) is 7.05 Å². The van der Waals surface area contributed by atoms with Crippen molar-refractivity contribution in [2.45, 2.75) is 0 Å². The molecule has 1 heteroatoms. The predicted molar refractivity (Wildman–Crippen MR) is 41.8 cm³/mol. The summed E-state index contributed by atoms with van der Waals surface area (Å²) >= 11 is 0. The van der Waals surface area contributed by atoms with Gasteiger partial charge in [0.2, 0.25) is 0 Å². The first-order chi connectivity index (χ1) is 4.86. The third kappa shape index (κ3) is 0.711. The summed E-state index contributed by atoms with van der Waals surface area (Å²) < 4.78 is 2.05. The molecular weight excluding hydrogens is 122 g/mol. The molecule has 0 amide bonds. The summed E-state index contributed by atoms with van der Waals surface area (Å²) in [6.07, 6.45) is 4.19. The molecule has 1 aromatic carbocycles. The monoisotopic (exact) mass is 130 g/mol. The van der Waals surface area contributed by atoms with E-state index in [1.54, 1.807) is 0 Å². The SMILES string of the molecule is Cn1cc2c[c]ccc2c1. The van der Waals surface area contributed by atoms with Gasteiger partial charge in [0.25, 0.3) is 0 Å². The van der Waals surface area contributed by atoms with Crippen molar-refractivity contribution < 1.29 is 0 Å². The summed E-state index contributed by atoms with van der Waals surface area (Å²) in [4.78, 5) is 0. The maximum atomic E-state index is 3.04. The smallest absolute Gasteiger partial charge is 0.0111 e. The van der Waals surface area contributed by atoms with Crippen molar-refractivity contribution in [2.24, 2.45) is 7.05 Å². The van der Waals surface area contributed by atoms with Gasteiger partial charge in [-0.25, -0.2) is 0 Å². The fraction of sp³-hybridized carbons (Fsp3) is 0.111. The quantitative estimate of drug-likeness (QED) is 0.514. The number of aromatic nitrogens is 1. The Labute approximate surface area is 59.9 Å². The standard InChI is InChI=1S/C9H8N/c1-10-6-8-4-2-3-5-9(8)7-10/h2,4-7H,1H3. The fourth-order valence-corrected chi connectivity index (χ4v) is 1.16. The highest BCUT2D eigenvalue weighted by molar-refractivity contribution is 5.81. The summed E-state index contributed by atoms with van der Waals surface area (Å²) in [5.74, 6) is 0. The molecule has 0 aliphatic rings. The largest absolute Gasteiger partial charge is 0.356 e. The van der Waals surface area contributed by atoms with Crippen LogP contribution < -0.4 is 0 Å². The Morgan fingerprint density at radius 1 is 1.30 bits per heavy atom. The van der Waals surface area contributed by atoms with Gasteiger partial charge in [-0.1, -0.05) is 12.1 Å². The van der Waals surface area contributed by atoms with Crippen LogP contribution in [0.3, 0.4) is 0 Å². The minimum atomic E-state index is 1.25. The van der Waals surface area contributed by atoms with Gasteiger partial charge < -0.3 is 4.57 Å². The lowest BCUT2D eigenvalue weighted by Gasteiger charge is -1.81. The second kappa shape index (κ2) is 1.87. The van der Waals surface area contributed by atoms with Crippen LogP contribution in [0.2, 0.25) is 0 Å². The average Bonchev–Trinajstić information content (AvgIpc) is 2.27. The van der Waals surface area contributed by atoms with Crippen LogP contribution in [0.1, 0.15) is 0 Å². The Hall–Kier alpha value is -1.24. The number of rotatable bonds is 0. The number of nitrogens with zero attached hydrogens (tertiary/aromatic N) is 1. The molecule has 10 heavy (non-hydrogen) atoms. The van der Waals surface area contributed by atoms with Gasteiger partial charge in [-0.2, -0.15) is 0 Å². The number of benzene rings is 1. The minimum Gasteiger partial charge on any atom is -0.356 e. The van der Waals surface area contributed by atoms with E-state index in [1.807, 2.05) is 19.2 Å². The van der Waals surface area contributed by atoms with E-state index in [0.29, 0.717) is 0 Å². The maximum absolute atomic E-state index is 3.04. The predicted octanol–water partition coefficient (Wildman–Crippen LogP) is 1.98. The molecule has 1 heterocycles. The summed E-state index contributed by atoms with van der Waals surface area (Å²) in [5.41, 5.74) is 0. The molecule has 2 aromatic rings. The first-order valence-electron chi connectivity index (χ1n) is 3.28. The molecule has 2 rings (SSSR count). The van der Waals surface area contributed by atoms with Crippen molar-refractivity contribution in [3.63, 3.8) is 0 Å². The molecule has 0 spiro atoms. The topological polar surface area (TPSA) is 4.93 Å². The van der Waals surface area contributed by atoms with E-state index in [4.69, 9.17) is 0 Å². The van der Waals surface area contributed by atoms with E-state index in [-0.39, 0.29) is 0 Å². The molecule has 0 aliphatic heterocycles. The van der Waals surface area contributed by atoms with Crippen LogP contribution in [-0.4, -0.2) is 4.57 Å². The molecule has 49 valence electrons. The molecular formula is C9H8N. The average molecular weight is 130 g/mol. The van der Waals surface area contributed by atoms with Crippen molar-refractivity contribution >= 4 is 10.8 Å². The van der Waals surface area contributed by atoms with Crippen LogP contribution in [0, 0.1) is 6.07 Å². The second-order valence-electron chi connectivity index (χ2n) is 2.48. The molecule has 0 atom stereocenters. The lowest BCUT2D eigenvalue weighted by atomic mass is 10.2. The van der Waals surface area contributed by atoms with Crippen molar-refractivity contribution in [3.05, 3.63) is 36.7 Å². The number of hydrogen-bond donors (Lipinski definition) is 0. The van der Waals surface area contributed by atoms with Crippen LogP contribution >= 0.6 is 0 Å². The van der Waals surface area contributed by atoms with Gasteiger partial charge in [-0.15, -0.1) is 0 Å². The molecule has 1 aromatic heterocycles. The Morgan fingerprint density at radius 3 is 2.90 bits per heavy atom. The second-order valence-corrected chi connectivity index (χ2v) is 2.48. The Bertz CT molecular complexity index is 313. The van der Waals surface area contributed by atoms with Crippen LogP contribution in [0.15, 0.2) is 30.6 Å². The zero-order valence-electron chi connectivity index (χ0n) is 5.83. The fourth-order valence-electron chi connectivity index (χ4n) is 1.16. The first-order valence-corrected chi connectivity index (χ1v) is 3.28. The van der Waals surface area contributed by atoms with E-state index < -0.39 is 0 Å². The molecule has 1 radical (unpaired) electrons. The van der Waals surface area contributed by atoms with Crippen molar-refractivity contribution in [1.82, 2.24) is 4.57 Å². The zero-order valence-corrected chi connectivity index (χ0v) is 5.83. The third-order valence-electron chi connectivity index (χ3n) is 1.62. The molecule has 0 bridgehead atoms. The lowest BCUT2D eigenvalue weighted by molar-refractivity contribution is 0.933. The Balaban J connectivity index is 2.88. The molecule has 0 N–H and O–H groups in total. The highest BCUT2D eigenvalue weighted by atomic mass is 14.9. The zero-order chi connectivity index (χ0) is 6.97. The van der Waals surface area contributed by atoms with Crippen LogP contribution in [0.4, 0.5) is 0 Å². The van der Waals surface area contributed by atoms with Gasteiger partial charge in [0.05, 0.1) is 0 Å². The summed E-state index contributed by atoms with van der Waals surface area (Å²) in [6.45, 7) is 0. The first kappa shape index (κ1) is 5.54. The highest BCUT2D eigenvalue weighted by Crippen LogP contribution is 2.12. The van der Waals surface area contributed by atoms with E-state index in [9.17, 15) is 0 Å². The van der Waals surface area contributed by atoms with E-state index in [1.165, 1.54) is 10.8 Å². The van der Waals surface area contributed by atoms with Crippen molar-refractivity contribution in [1.29, 1.82) is 0 Å². The van der Waals surface area contributed by atoms with Gasteiger partial charge >= 0.3 is 0 Å².